The third kappa shape index (κ3) is 4.19. The summed E-state index contributed by atoms with van der Waals surface area (Å²) >= 11 is 3.34. The van der Waals surface area contributed by atoms with Gasteiger partial charge in [0.2, 0.25) is 0 Å². The van der Waals surface area contributed by atoms with Crippen LogP contribution >= 0.6 is 15.9 Å². The van der Waals surface area contributed by atoms with Gasteiger partial charge in [-0.2, -0.15) is 5.26 Å². The Morgan fingerprint density at radius 1 is 0.960 bits per heavy atom. The highest BCUT2D eigenvalue weighted by molar-refractivity contribution is 9.10. The average Bonchev–Trinajstić information content (AvgIpc) is 2.64. The molecule has 0 unspecified atom stereocenters. The van der Waals surface area contributed by atoms with Crippen LogP contribution in [0.2, 0.25) is 0 Å². The van der Waals surface area contributed by atoms with E-state index in [0.29, 0.717) is 27.2 Å². The summed E-state index contributed by atoms with van der Waals surface area (Å²) in [5.41, 5.74) is 1.89. The molecule has 0 aliphatic heterocycles. The molecule has 0 saturated carbocycles. The van der Waals surface area contributed by atoms with E-state index in [1.54, 1.807) is 54.6 Å². The Morgan fingerprint density at radius 3 is 2.28 bits per heavy atom. The zero-order valence-corrected chi connectivity index (χ0v) is 14.5. The standard InChI is InChI=1S/C18H12BrN5O/c19-15-4-2-1-3-14(15)18(25)22-17-10-9-16(23-24-17)21-13-7-5-12(11-20)6-8-13/h1-10H,(H,21,23)(H,22,24,25). The van der Waals surface area contributed by atoms with Crippen LogP contribution in [0.15, 0.2) is 65.1 Å². The summed E-state index contributed by atoms with van der Waals surface area (Å²) in [5, 5.41) is 22.6. The second kappa shape index (κ2) is 7.55. The molecule has 0 fully saturated rings. The van der Waals surface area contributed by atoms with E-state index in [9.17, 15) is 4.79 Å². The summed E-state index contributed by atoms with van der Waals surface area (Å²) in [6, 6.07) is 19.6. The zero-order valence-electron chi connectivity index (χ0n) is 12.9. The van der Waals surface area contributed by atoms with Gasteiger partial charge in [-0.3, -0.25) is 4.79 Å². The third-order valence-corrected chi connectivity index (χ3v) is 4.00. The number of hydrogen-bond donors (Lipinski definition) is 2. The number of halogens is 1. The van der Waals surface area contributed by atoms with E-state index in [1.165, 1.54) is 0 Å². The van der Waals surface area contributed by atoms with Gasteiger partial charge in [0.05, 0.1) is 17.2 Å². The lowest BCUT2D eigenvalue weighted by Crippen LogP contribution is -2.14. The van der Waals surface area contributed by atoms with Gasteiger partial charge in [0, 0.05) is 10.2 Å². The van der Waals surface area contributed by atoms with Gasteiger partial charge in [-0.15, -0.1) is 10.2 Å². The number of rotatable bonds is 4. The fourth-order valence-electron chi connectivity index (χ4n) is 2.07. The van der Waals surface area contributed by atoms with E-state index >= 15 is 0 Å². The van der Waals surface area contributed by atoms with Gasteiger partial charge in [0.25, 0.3) is 5.91 Å². The Hall–Kier alpha value is -3.24. The highest BCUT2D eigenvalue weighted by atomic mass is 79.9. The maximum absolute atomic E-state index is 12.2. The van der Waals surface area contributed by atoms with E-state index < -0.39 is 0 Å². The van der Waals surface area contributed by atoms with Crippen molar-refractivity contribution in [3.05, 3.63) is 76.3 Å². The van der Waals surface area contributed by atoms with Gasteiger partial charge < -0.3 is 10.6 Å². The largest absolute Gasteiger partial charge is 0.339 e. The van der Waals surface area contributed by atoms with Crippen molar-refractivity contribution in [1.82, 2.24) is 10.2 Å². The summed E-state index contributed by atoms with van der Waals surface area (Å²) in [4.78, 5) is 12.2. The number of nitrogens with zero attached hydrogens (tertiary/aromatic N) is 3. The second-order valence-electron chi connectivity index (χ2n) is 5.05. The first-order chi connectivity index (χ1) is 12.2. The number of carbonyl (C=O) groups is 1. The molecule has 2 aromatic carbocycles. The molecule has 0 bridgehead atoms. The van der Waals surface area contributed by atoms with Crippen molar-refractivity contribution >= 4 is 39.2 Å². The number of anilines is 3. The van der Waals surface area contributed by atoms with Crippen molar-refractivity contribution in [1.29, 1.82) is 5.26 Å². The highest BCUT2D eigenvalue weighted by Gasteiger charge is 2.10. The first kappa shape index (κ1) is 16.6. The minimum absolute atomic E-state index is 0.269. The lowest BCUT2D eigenvalue weighted by Gasteiger charge is -2.07. The van der Waals surface area contributed by atoms with Crippen LogP contribution in [0.1, 0.15) is 15.9 Å². The molecule has 0 saturated heterocycles. The van der Waals surface area contributed by atoms with Crippen LogP contribution in [-0.2, 0) is 0 Å². The Labute approximate surface area is 152 Å². The van der Waals surface area contributed by atoms with E-state index in [1.807, 2.05) is 6.07 Å². The SMILES string of the molecule is N#Cc1ccc(Nc2ccc(NC(=O)c3ccccc3Br)nn2)cc1. The molecule has 0 aliphatic rings. The minimum Gasteiger partial charge on any atom is -0.339 e. The number of benzene rings is 2. The first-order valence-electron chi connectivity index (χ1n) is 7.32. The van der Waals surface area contributed by atoms with Gasteiger partial charge in [0.15, 0.2) is 11.6 Å². The molecule has 3 rings (SSSR count). The predicted octanol–water partition coefficient (Wildman–Crippen LogP) is 4.11. The van der Waals surface area contributed by atoms with Gasteiger partial charge >= 0.3 is 0 Å². The number of aromatic nitrogens is 2. The maximum Gasteiger partial charge on any atom is 0.258 e. The Balaban J connectivity index is 1.67. The molecule has 0 spiro atoms. The number of hydrogen-bond acceptors (Lipinski definition) is 5. The molecule has 0 aliphatic carbocycles. The Kier molecular flexibility index (Phi) is 5.02. The van der Waals surface area contributed by atoms with E-state index in [4.69, 9.17) is 5.26 Å². The molecule has 3 aromatic rings. The van der Waals surface area contributed by atoms with Crippen molar-refractivity contribution < 1.29 is 4.79 Å². The molecule has 1 aromatic heterocycles. The minimum atomic E-state index is -0.269. The summed E-state index contributed by atoms with van der Waals surface area (Å²) in [5.74, 6) is 0.615. The number of amides is 1. The lowest BCUT2D eigenvalue weighted by molar-refractivity contribution is 0.102. The van der Waals surface area contributed by atoms with Crippen LogP contribution in [0.5, 0.6) is 0 Å². The monoisotopic (exact) mass is 393 g/mol. The summed E-state index contributed by atoms with van der Waals surface area (Å²) < 4.78 is 0.708. The second-order valence-corrected chi connectivity index (χ2v) is 5.91. The first-order valence-corrected chi connectivity index (χ1v) is 8.12. The zero-order chi connectivity index (χ0) is 17.6. The maximum atomic E-state index is 12.2. The normalized spacial score (nSPS) is 9.92. The molecule has 0 radical (unpaired) electrons. The van der Waals surface area contributed by atoms with Crippen LogP contribution in [-0.4, -0.2) is 16.1 Å². The Morgan fingerprint density at radius 2 is 1.64 bits per heavy atom. The molecule has 7 heteroatoms. The predicted molar refractivity (Wildman–Crippen MR) is 98.6 cm³/mol. The molecular formula is C18H12BrN5O. The topological polar surface area (TPSA) is 90.7 Å². The van der Waals surface area contributed by atoms with Crippen molar-refractivity contribution in [3.63, 3.8) is 0 Å². The molecule has 6 nitrogen and oxygen atoms in total. The summed E-state index contributed by atoms with van der Waals surface area (Å²) in [6.07, 6.45) is 0. The Bertz CT molecular complexity index is 933. The molecule has 0 atom stereocenters. The number of nitrogens with one attached hydrogen (secondary N) is 2. The highest BCUT2D eigenvalue weighted by Crippen LogP contribution is 2.18. The van der Waals surface area contributed by atoms with Crippen LogP contribution in [0.3, 0.4) is 0 Å². The summed E-state index contributed by atoms with van der Waals surface area (Å²) in [7, 11) is 0. The third-order valence-electron chi connectivity index (χ3n) is 3.31. The van der Waals surface area contributed by atoms with Gasteiger partial charge in [0.1, 0.15) is 0 Å². The van der Waals surface area contributed by atoms with Crippen LogP contribution in [0, 0.1) is 11.3 Å². The van der Waals surface area contributed by atoms with Crippen molar-refractivity contribution in [2.45, 2.75) is 0 Å². The molecule has 122 valence electrons. The molecule has 1 amide bonds. The van der Waals surface area contributed by atoms with Crippen LogP contribution < -0.4 is 10.6 Å². The van der Waals surface area contributed by atoms with Crippen LogP contribution in [0.25, 0.3) is 0 Å². The number of carbonyl (C=O) groups excluding carboxylic acids is 1. The van der Waals surface area contributed by atoms with Gasteiger partial charge in [-0.1, -0.05) is 12.1 Å². The molecular weight excluding hydrogens is 382 g/mol. The quantitative estimate of drug-likeness (QED) is 0.695. The van der Waals surface area contributed by atoms with Crippen LogP contribution in [0.4, 0.5) is 17.3 Å². The van der Waals surface area contributed by atoms with Crippen molar-refractivity contribution in [2.75, 3.05) is 10.6 Å². The summed E-state index contributed by atoms with van der Waals surface area (Å²) in [6.45, 7) is 0. The lowest BCUT2D eigenvalue weighted by atomic mass is 10.2. The average molecular weight is 394 g/mol. The fraction of sp³-hybridized carbons (Fsp3) is 0. The van der Waals surface area contributed by atoms with Crippen molar-refractivity contribution in [2.24, 2.45) is 0 Å². The van der Waals surface area contributed by atoms with E-state index in [-0.39, 0.29) is 5.91 Å². The van der Waals surface area contributed by atoms with E-state index in [0.717, 1.165) is 5.69 Å². The van der Waals surface area contributed by atoms with E-state index in [2.05, 4.69) is 42.8 Å². The van der Waals surface area contributed by atoms with Gasteiger partial charge in [-0.25, -0.2) is 0 Å². The fourth-order valence-corrected chi connectivity index (χ4v) is 2.54. The smallest absolute Gasteiger partial charge is 0.258 e. The molecule has 2 N–H and O–H groups in total. The molecule has 25 heavy (non-hydrogen) atoms. The van der Waals surface area contributed by atoms with Gasteiger partial charge in [-0.05, 0) is 64.5 Å². The number of nitriles is 1. The van der Waals surface area contributed by atoms with Crippen molar-refractivity contribution in [3.8, 4) is 6.07 Å². The molecule has 1 heterocycles.